The first-order chi connectivity index (χ1) is 8.25. The molecule has 0 amide bonds. The Hall–Kier alpha value is -0.760. The largest absolute Gasteiger partial charge is 0.388 e. The number of hydrogen-bond acceptors (Lipinski definition) is 1. The summed E-state index contributed by atoms with van der Waals surface area (Å²) in [7, 11) is 0. The minimum Gasteiger partial charge on any atom is -0.388 e. The summed E-state index contributed by atoms with van der Waals surface area (Å²) in [5.74, 6) is 1.73. The fourth-order valence-electron chi connectivity index (χ4n) is 3.65. The molecular formula is C15H23NO. The average Bonchev–Trinajstić information content (AvgIpc) is 2.89. The third-order valence-corrected chi connectivity index (χ3v) is 4.83. The monoisotopic (exact) mass is 233 g/mol. The standard InChI is InChI=1S/C15H23NO/c1-11-4-2-5-12(11)10-16-9-8-13-14(16)6-3-7-15(13)17/h8-9,11-12,15,17H,2-7,10H2,1H3. The molecule has 0 aromatic carbocycles. The van der Waals surface area contributed by atoms with Crippen molar-refractivity contribution in [1.82, 2.24) is 4.57 Å². The smallest absolute Gasteiger partial charge is 0.0807 e. The predicted octanol–water partition coefficient (Wildman–Crippen LogP) is 3.29. The van der Waals surface area contributed by atoms with E-state index in [-0.39, 0.29) is 6.10 Å². The van der Waals surface area contributed by atoms with E-state index in [1.807, 2.05) is 0 Å². The van der Waals surface area contributed by atoms with Gasteiger partial charge in [-0.05, 0) is 43.6 Å². The van der Waals surface area contributed by atoms with Gasteiger partial charge in [0.05, 0.1) is 6.10 Å². The summed E-state index contributed by atoms with van der Waals surface area (Å²) >= 11 is 0. The molecule has 0 bridgehead atoms. The van der Waals surface area contributed by atoms with E-state index in [9.17, 15) is 5.11 Å². The maximum atomic E-state index is 9.97. The van der Waals surface area contributed by atoms with Gasteiger partial charge in [-0.15, -0.1) is 0 Å². The summed E-state index contributed by atoms with van der Waals surface area (Å²) in [5, 5.41) is 9.97. The van der Waals surface area contributed by atoms with Gasteiger partial charge in [0.1, 0.15) is 0 Å². The molecule has 2 heteroatoms. The van der Waals surface area contributed by atoms with Crippen LogP contribution in [-0.2, 0) is 13.0 Å². The molecule has 1 N–H and O–H groups in total. The van der Waals surface area contributed by atoms with Crippen molar-refractivity contribution >= 4 is 0 Å². The van der Waals surface area contributed by atoms with Crippen LogP contribution >= 0.6 is 0 Å². The van der Waals surface area contributed by atoms with Crippen LogP contribution in [0.3, 0.4) is 0 Å². The maximum Gasteiger partial charge on any atom is 0.0807 e. The van der Waals surface area contributed by atoms with Crippen molar-refractivity contribution in [3.8, 4) is 0 Å². The molecule has 94 valence electrons. The molecule has 17 heavy (non-hydrogen) atoms. The van der Waals surface area contributed by atoms with E-state index in [1.54, 1.807) is 0 Å². The number of aromatic nitrogens is 1. The van der Waals surface area contributed by atoms with E-state index in [2.05, 4.69) is 23.8 Å². The zero-order valence-corrected chi connectivity index (χ0v) is 10.7. The van der Waals surface area contributed by atoms with Gasteiger partial charge >= 0.3 is 0 Å². The van der Waals surface area contributed by atoms with Crippen molar-refractivity contribution in [3.63, 3.8) is 0 Å². The van der Waals surface area contributed by atoms with Crippen molar-refractivity contribution in [2.75, 3.05) is 0 Å². The molecule has 3 rings (SSSR count). The van der Waals surface area contributed by atoms with Gasteiger partial charge in [0.25, 0.3) is 0 Å². The highest BCUT2D eigenvalue weighted by Gasteiger charge is 2.26. The minimum atomic E-state index is -0.207. The zero-order valence-electron chi connectivity index (χ0n) is 10.7. The van der Waals surface area contributed by atoms with Gasteiger partial charge in [-0.25, -0.2) is 0 Å². The summed E-state index contributed by atoms with van der Waals surface area (Å²) < 4.78 is 2.42. The molecule has 3 unspecified atom stereocenters. The molecule has 2 aliphatic rings. The minimum absolute atomic E-state index is 0.207. The van der Waals surface area contributed by atoms with E-state index in [0.29, 0.717) is 0 Å². The Labute approximate surface area is 104 Å². The van der Waals surface area contributed by atoms with Gasteiger partial charge in [0, 0.05) is 24.0 Å². The van der Waals surface area contributed by atoms with Crippen LogP contribution in [0.5, 0.6) is 0 Å². The van der Waals surface area contributed by atoms with Crippen molar-refractivity contribution < 1.29 is 5.11 Å². The van der Waals surface area contributed by atoms with Crippen LogP contribution in [0.15, 0.2) is 12.3 Å². The highest BCUT2D eigenvalue weighted by molar-refractivity contribution is 5.27. The Balaban J connectivity index is 1.79. The molecule has 1 saturated carbocycles. The van der Waals surface area contributed by atoms with Crippen LogP contribution in [0.4, 0.5) is 0 Å². The predicted molar refractivity (Wildman–Crippen MR) is 68.8 cm³/mol. The first kappa shape index (κ1) is 11.3. The number of aliphatic hydroxyl groups is 1. The molecule has 2 nitrogen and oxygen atoms in total. The second-order valence-corrected chi connectivity index (χ2v) is 5.95. The molecule has 3 atom stereocenters. The van der Waals surface area contributed by atoms with Gasteiger partial charge in [-0.1, -0.05) is 19.8 Å². The van der Waals surface area contributed by atoms with Gasteiger partial charge in [0.2, 0.25) is 0 Å². The molecule has 0 aliphatic heterocycles. The molecule has 1 aromatic rings. The molecule has 1 heterocycles. The molecular weight excluding hydrogens is 210 g/mol. The number of hydrogen-bond donors (Lipinski definition) is 1. The summed E-state index contributed by atoms with van der Waals surface area (Å²) in [6, 6.07) is 2.14. The first-order valence-electron chi connectivity index (χ1n) is 7.11. The van der Waals surface area contributed by atoms with E-state index in [1.165, 1.54) is 37.1 Å². The number of nitrogens with zero attached hydrogens (tertiary/aromatic N) is 1. The molecule has 0 radical (unpaired) electrons. The Morgan fingerprint density at radius 3 is 2.94 bits per heavy atom. The van der Waals surface area contributed by atoms with E-state index in [0.717, 1.165) is 31.1 Å². The van der Waals surface area contributed by atoms with Crippen molar-refractivity contribution in [3.05, 3.63) is 23.5 Å². The molecule has 0 saturated heterocycles. The SMILES string of the molecule is CC1CCCC1Cn1ccc2c1CCCC2O. The van der Waals surface area contributed by atoms with E-state index in [4.69, 9.17) is 0 Å². The van der Waals surface area contributed by atoms with Crippen molar-refractivity contribution in [2.24, 2.45) is 11.8 Å². The van der Waals surface area contributed by atoms with Crippen LogP contribution in [0.2, 0.25) is 0 Å². The third kappa shape index (κ3) is 2.03. The topological polar surface area (TPSA) is 25.2 Å². The van der Waals surface area contributed by atoms with Crippen LogP contribution in [0.25, 0.3) is 0 Å². The Morgan fingerprint density at radius 2 is 2.18 bits per heavy atom. The first-order valence-corrected chi connectivity index (χ1v) is 7.11. The summed E-state index contributed by atoms with van der Waals surface area (Å²) in [6.07, 6.45) is 9.41. The fourth-order valence-corrected chi connectivity index (χ4v) is 3.65. The second-order valence-electron chi connectivity index (χ2n) is 5.95. The number of fused-ring (bicyclic) bond motifs is 1. The Kier molecular flexibility index (Phi) is 2.99. The van der Waals surface area contributed by atoms with Crippen molar-refractivity contribution in [1.29, 1.82) is 0 Å². The fraction of sp³-hybridized carbons (Fsp3) is 0.733. The van der Waals surface area contributed by atoms with Crippen LogP contribution < -0.4 is 0 Å². The lowest BCUT2D eigenvalue weighted by Gasteiger charge is -2.23. The molecule has 1 fully saturated rings. The zero-order chi connectivity index (χ0) is 11.8. The van der Waals surface area contributed by atoms with E-state index < -0.39 is 0 Å². The summed E-state index contributed by atoms with van der Waals surface area (Å²) in [5.41, 5.74) is 2.60. The van der Waals surface area contributed by atoms with Crippen LogP contribution in [0, 0.1) is 11.8 Å². The van der Waals surface area contributed by atoms with Crippen LogP contribution in [-0.4, -0.2) is 9.67 Å². The highest BCUT2D eigenvalue weighted by Crippen LogP contribution is 2.35. The van der Waals surface area contributed by atoms with Crippen LogP contribution in [0.1, 0.15) is 56.4 Å². The molecule has 0 spiro atoms. The third-order valence-electron chi connectivity index (χ3n) is 4.83. The lowest BCUT2D eigenvalue weighted by molar-refractivity contribution is 0.155. The van der Waals surface area contributed by atoms with Gasteiger partial charge < -0.3 is 9.67 Å². The van der Waals surface area contributed by atoms with Gasteiger partial charge in [0.15, 0.2) is 0 Å². The Bertz CT molecular complexity index is 396. The summed E-state index contributed by atoms with van der Waals surface area (Å²) in [6.45, 7) is 3.56. The quantitative estimate of drug-likeness (QED) is 0.833. The normalized spacial score (nSPS) is 32.7. The van der Waals surface area contributed by atoms with Gasteiger partial charge in [-0.2, -0.15) is 0 Å². The number of aliphatic hydroxyl groups excluding tert-OH is 1. The Morgan fingerprint density at radius 1 is 1.29 bits per heavy atom. The number of rotatable bonds is 2. The summed E-state index contributed by atoms with van der Waals surface area (Å²) in [4.78, 5) is 0. The molecule has 1 aromatic heterocycles. The lowest BCUT2D eigenvalue weighted by atomic mass is 9.94. The molecule has 2 aliphatic carbocycles. The van der Waals surface area contributed by atoms with Gasteiger partial charge in [-0.3, -0.25) is 0 Å². The highest BCUT2D eigenvalue weighted by atomic mass is 16.3. The van der Waals surface area contributed by atoms with E-state index >= 15 is 0 Å². The second kappa shape index (κ2) is 4.49. The lowest BCUT2D eigenvalue weighted by Crippen LogP contribution is -2.17. The maximum absolute atomic E-state index is 9.97. The average molecular weight is 233 g/mol. The van der Waals surface area contributed by atoms with Crippen molar-refractivity contribution in [2.45, 2.75) is 58.1 Å².